The van der Waals surface area contributed by atoms with Crippen molar-refractivity contribution in [2.75, 3.05) is 39.4 Å². The molecule has 0 saturated carbocycles. The van der Waals surface area contributed by atoms with E-state index in [-0.39, 0.29) is 18.7 Å². The molecule has 1 amide bonds. The number of rotatable bonds is 7. The van der Waals surface area contributed by atoms with Crippen LogP contribution in [0.2, 0.25) is 0 Å². The Hall–Kier alpha value is -1.14. The van der Waals surface area contributed by atoms with Gasteiger partial charge in [-0.25, -0.2) is 0 Å². The molecule has 1 heterocycles. The Balaban J connectivity index is 1.97. The highest BCUT2D eigenvalue weighted by Crippen LogP contribution is 1.96. The lowest BCUT2D eigenvalue weighted by Crippen LogP contribution is -2.41. The van der Waals surface area contributed by atoms with Crippen molar-refractivity contribution in [1.82, 2.24) is 10.2 Å². The second kappa shape index (κ2) is 8.03. The summed E-state index contributed by atoms with van der Waals surface area (Å²) in [7, 11) is 0. The van der Waals surface area contributed by atoms with Gasteiger partial charge >= 0.3 is 5.97 Å². The van der Waals surface area contributed by atoms with Gasteiger partial charge in [0.25, 0.3) is 0 Å². The molecule has 1 aliphatic rings. The molecule has 17 heavy (non-hydrogen) atoms. The predicted octanol–water partition coefficient (Wildman–Crippen LogP) is -0.310. The van der Waals surface area contributed by atoms with Crippen LogP contribution in [0, 0.1) is 0 Å². The maximum absolute atomic E-state index is 11.3. The number of carboxylic acids is 1. The lowest BCUT2D eigenvalue weighted by molar-refractivity contribution is -0.137. The normalized spacial score (nSPS) is 16.7. The molecular formula is C11H20N2O4. The molecular weight excluding hydrogens is 224 g/mol. The largest absolute Gasteiger partial charge is 0.481 e. The summed E-state index contributed by atoms with van der Waals surface area (Å²) in [5.74, 6) is -0.925. The standard InChI is InChI=1S/C11H20N2O4/c14-10(2-1-3-11(15)16)12-4-5-13-6-8-17-9-7-13/h1-9H2,(H,12,14)(H,15,16). The molecule has 98 valence electrons. The first kappa shape index (κ1) is 13.9. The van der Waals surface area contributed by atoms with Gasteiger partial charge in [0, 0.05) is 39.0 Å². The van der Waals surface area contributed by atoms with Crippen LogP contribution in [0.5, 0.6) is 0 Å². The van der Waals surface area contributed by atoms with Gasteiger partial charge in [0.15, 0.2) is 0 Å². The van der Waals surface area contributed by atoms with E-state index in [0.717, 1.165) is 32.8 Å². The summed E-state index contributed by atoms with van der Waals surface area (Å²) >= 11 is 0. The van der Waals surface area contributed by atoms with Gasteiger partial charge in [-0.05, 0) is 6.42 Å². The predicted molar refractivity (Wildman–Crippen MR) is 61.8 cm³/mol. The minimum Gasteiger partial charge on any atom is -0.481 e. The highest BCUT2D eigenvalue weighted by atomic mass is 16.5. The number of carboxylic acid groups (broad SMARTS) is 1. The molecule has 1 aliphatic heterocycles. The fourth-order valence-electron chi connectivity index (χ4n) is 1.67. The Morgan fingerprint density at radius 2 is 1.94 bits per heavy atom. The SMILES string of the molecule is O=C(O)CCCC(=O)NCCN1CCOCC1. The minimum absolute atomic E-state index is 0.0525. The number of amides is 1. The third-order valence-electron chi connectivity index (χ3n) is 2.65. The number of carbonyl (C=O) groups is 2. The van der Waals surface area contributed by atoms with Crippen molar-refractivity contribution in [3.8, 4) is 0 Å². The summed E-state index contributed by atoms with van der Waals surface area (Å²) in [6, 6.07) is 0. The summed E-state index contributed by atoms with van der Waals surface area (Å²) in [6.45, 7) is 4.78. The average Bonchev–Trinajstić information content (AvgIpc) is 2.30. The monoisotopic (exact) mass is 244 g/mol. The van der Waals surface area contributed by atoms with Crippen LogP contribution in [0.4, 0.5) is 0 Å². The van der Waals surface area contributed by atoms with Crippen LogP contribution in [-0.2, 0) is 14.3 Å². The Morgan fingerprint density at radius 1 is 1.24 bits per heavy atom. The highest BCUT2D eigenvalue weighted by molar-refractivity contribution is 5.76. The van der Waals surface area contributed by atoms with Crippen LogP contribution in [0.15, 0.2) is 0 Å². The smallest absolute Gasteiger partial charge is 0.303 e. The molecule has 0 bridgehead atoms. The Kier molecular flexibility index (Phi) is 6.57. The van der Waals surface area contributed by atoms with Gasteiger partial charge in [-0.2, -0.15) is 0 Å². The fraction of sp³-hybridized carbons (Fsp3) is 0.818. The first-order valence-corrected chi connectivity index (χ1v) is 5.97. The molecule has 6 heteroatoms. The van der Waals surface area contributed by atoms with Crippen molar-refractivity contribution in [2.24, 2.45) is 0 Å². The lowest BCUT2D eigenvalue weighted by atomic mass is 10.2. The Bertz CT molecular complexity index is 252. The van der Waals surface area contributed by atoms with Crippen molar-refractivity contribution in [3.05, 3.63) is 0 Å². The maximum Gasteiger partial charge on any atom is 0.303 e. The van der Waals surface area contributed by atoms with Gasteiger partial charge in [0.1, 0.15) is 0 Å². The molecule has 1 rings (SSSR count). The molecule has 0 aliphatic carbocycles. The number of nitrogens with one attached hydrogen (secondary N) is 1. The molecule has 1 fully saturated rings. The first-order chi connectivity index (χ1) is 8.18. The van der Waals surface area contributed by atoms with Crippen LogP contribution in [-0.4, -0.2) is 61.3 Å². The number of ether oxygens (including phenoxy) is 1. The van der Waals surface area contributed by atoms with Crippen LogP contribution in [0.25, 0.3) is 0 Å². The zero-order chi connectivity index (χ0) is 12.5. The lowest BCUT2D eigenvalue weighted by Gasteiger charge is -2.26. The van der Waals surface area contributed by atoms with E-state index in [2.05, 4.69) is 10.2 Å². The van der Waals surface area contributed by atoms with Gasteiger partial charge in [-0.15, -0.1) is 0 Å². The van der Waals surface area contributed by atoms with Crippen LogP contribution in [0.3, 0.4) is 0 Å². The van der Waals surface area contributed by atoms with Gasteiger partial charge in [-0.1, -0.05) is 0 Å². The van der Waals surface area contributed by atoms with Crippen LogP contribution in [0.1, 0.15) is 19.3 Å². The van der Waals surface area contributed by atoms with E-state index in [9.17, 15) is 9.59 Å². The van der Waals surface area contributed by atoms with Crippen LogP contribution < -0.4 is 5.32 Å². The summed E-state index contributed by atoms with van der Waals surface area (Å²) < 4.78 is 5.22. The first-order valence-electron chi connectivity index (χ1n) is 5.97. The van der Waals surface area contributed by atoms with E-state index in [1.807, 2.05) is 0 Å². The number of morpholine rings is 1. The summed E-state index contributed by atoms with van der Waals surface area (Å²) in [5, 5.41) is 11.2. The molecule has 0 aromatic heterocycles. The number of hydrogen-bond donors (Lipinski definition) is 2. The van der Waals surface area contributed by atoms with Crippen molar-refractivity contribution < 1.29 is 19.4 Å². The highest BCUT2D eigenvalue weighted by Gasteiger charge is 2.10. The molecule has 1 saturated heterocycles. The molecule has 0 atom stereocenters. The molecule has 6 nitrogen and oxygen atoms in total. The number of nitrogens with zero attached hydrogens (tertiary/aromatic N) is 1. The summed E-state index contributed by atoms with van der Waals surface area (Å²) in [5.41, 5.74) is 0. The Labute approximate surface area is 101 Å². The molecule has 2 N–H and O–H groups in total. The maximum atomic E-state index is 11.3. The zero-order valence-electron chi connectivity index (χ0n) is 9.98. The van der Waals surface area contributed by atoms with Gasteiger partial charge < -0.3 is 15.2 Å². The van der Waals surface area contributed by atoms with E-state index in [4.69, 9.17) is 9.84 Å². The number of hydrogen-bond acceptors (Lipinski definition) is 4. The van der Waals surface area contributed by atoms with Gasteiger partial charge in [0.2, 0.25) is 5.91 Å². The zero-order valence-corrected chi connectivity index (χ0v) is 9.98. The van der Waals surface area contributed by atoms with Gasteiger partial charge in [0.05, 0.1) is 13.2 Å². The summed E-state index contributed by atoms with van der Waals surface area (Å²) in [4.78, 5) is 23.8. The third kappa shape index (κ3) is 6.91. The third-order valence-corrected chi connectivity index (χ3v) is 2.65. The van der Waals surface area contributed by atoms with Crippen LogP contribution >= 0.6 is 0 Å². The topological polar surface area (TPSA) is 78.9 Å². The fourth-order valence-corrected chi connectivity index (χ4v) is 1.67. The van der Waals surface area contributed by atoms with Crippen molar-refractivity contribution in [3.63, 3.8) is 0 Å². The van der Waals surface area contributed by atoms with E-state index in [1.54, 1.807) is 0 Å². The van der Waals surface area contributed by atoms with Crippen molar-refractivity contribution >= 4 is 11.9 Å². The number of aliphatic carboxylic acids is 1. The summed E-state index contributed by atoms with van der Waals surface area (Å²) in [6.07, 6.45) is 0.741. The number of carbonyl (C=O) groups excluding carboxylic acids is 1. The van der Waals surface area contributed by atoms with Gasteiger partial charge in [-0.3, -0.25) is 14.5 Å². The van der Waals surface area contributed by atoms with E-state index in [1.165, 1.54) is 0 Å². The quantitative estimate of drug-likeness (QED) is 0.642. The van der Waals surface area contributed by atoms with Crippen molar-refractivity contribution in [2.45, 2.75) is 19.3 Å². The average molecular weight is 244 g/mol. The molecule has 0 aromatic rings. The van der Waals surface area contributed by atoms with E-state index < -0.39 is 5.97 Å². The Morgan fingerprint density at radius 3 is 2.59 bits per heavy atom. The van der Waals surface area contributed by atoms with E-state index in [0.29, 0.717) is 13.0 Å². The minimum atomic E-state index is -0.855. The molecule has 0 spiro atoms. The second-order valence-electron chi connectivity index (χ2n) is 4.05. The molecule has 0 aromatic carbocycles. The second-order valence-corrected chi connectivity index (χ2v) is 4.05. The molecule has 0 unspecified atom stereocenters. The van der Waals surface area contributed by atoms with Crippen molar-refractivity contribution in [1.29, 1.82) is 0 Å². The molecule has 0 radical (unpaired) electrons. The van der Waals surface area contributed by atoms with E-state index >= 15 is 0 Å².